The lowest BCUT2D eigenvalue weighted by Crippen LogP contribution is -2.12. The normalized spacial score (nSPS) is 10.5. The number of hydrogen-bond acceptors (Lipinski definition) is 6. The molecule has 0 bridgehead atoms. The Bertz CT molecular complexity index is 704. The second kappa shape index (κ2) is 8.14. The smallest absolute Gasteiger partial charge is 0.331 e. The van der Waals surface area contributed by atoms with Crippen LogP contribution in [0.3, 0.4) is 0 Å². The summed E-state index contributed by atoms with van der Waals surface area (Å²) in [4.78, 5) is 23.6. The second-order valence-corrected chi connectivity index (χ2v) is 5.27. The molecule has 2 rings (SSSR count). The second-order valence-electron chi connectivity index (χ2n) is 4.49. The van der Waals surface area contributed by atoms with E-state index in [1.165, 1.54) is 31.6 Å². The maximum atomic E-state index is 12.1. The van der Waals surface area contributed by atoms with Crippen LogP contribution >= 0.6 is 11.3 Å². The minimum atomic E-state index is -0.565. The van der Waals surface area contributed by atoms with Gasteiger partial charge in [0, 0.05) is 11.6 Å². The van der Waals surface area contributed by atoms with Crippen LogP contribution in [0.15, 0.2) is 41.1 Å². The Balaban J connectivity index is 1.93. The van der Waals surface area contributed by atoms with Crippen LogP contribution in [0.5, 0.6) is 11.5 Å². The van der Waals surface area contributed by atoms with Gasteiger partial charge in [-0.05, 0) is 46.7 Å². The molecule has 0 spiro atoms. The molecule has 0 saturated carbocycles. The van der Waals surface area contributed by atoms with Crippen molar-refractivity contribution in [1.82, 2.24) is 0 Å². The van der Waals surface area contributed by atoms with Crippen molar-refractivity contribution in [3.8, 4) is 11.5 Å². The molecule has 0 amide bonds. The first-order chi connectivity index (χ1) is 11.1. The van der Waals surface area contributed by atoms with Crippen LogP contribution in [-0.4, -0.2) is 32.6 Å². The summed E-state index contributed by atoms with van der Waals surface area (Å²) < 4.78 is 15.2. The van der Waals surface area contributed by atoms with E-state index < -0.39 is 5.97 Å². The average molecular weight is 332 g/mol. The number of hydrogen-bond donors (Lipinski definition) is 0. The van der Waals surface area contributed by atoms with E-state index in [-0.39, 0.29) is 12.4 Å². The fraction of sp³-hybridized carbons (Fsp3) is 0.176. The van der Waals surface area contributed by atoms with Crippen LogP contribution < -0.4 is 9.47 Å². The lowest BCUT2D eigenvalue weighted by atomic mass is 10.1. The number of methoxy groups -OCH3 is 2. The van der Waals surface area contributed by atoms with Crippen LogP contribution in [0.2, 0.25) is 0 Å². The number of Topliss-reactive ketones (excluding diaryl/α,β-unsaturated/α-hetero) is 1. The summed E-state index contributed by atoms with van der Waals surface area (Å²) in [5.74, 6) is 0.0926. The quantitative estimate of drug-likeness (QED) is 0.443. The largest absolute Gasteiger partial charge is 0.493 e. The average Bonchev–Trinajstić information content (AvgIpc) is 3.10. The summed E-state index contributed by atoms with van der Waals surface area (Å²) in [5, 5.41) is 3.81. The molecule has 0 atom stereocenters. The van der Waals surface area contributed by atoms with E-state index in [0.29, 0.717) is 17.1 Å². The summed E-state index contributed by atoms with van der Waals surface area (Å²) >= 11 is 1.53. The van der Waals surface area contributed by atoms with E-state index in [0.717, 1.165) is 5.56 Å². The lowest BCUT2D eigenvalue weighted by Gasteiger charge is -2.09. The van der Waals surface area contributed by atoms with Crippen molar-refractivity contribution < 1.29 is 23.8 Å². The molecule has 0 saturated heterocycles. The van der Waals surface area contributed by atoms with Gasteiger partial charge in [0.25, 0.3) is 0 Å². The van der Waals surface area contributed by atoms with Gasteiger partial charge in [-0.3, -0.25) is 4.79 Å². The van der Waals surface area contributed by atoms with Gasteiger partial charge >= 0.3 is 5.97 Å². The molecule has 2 aromatic rings. The first-order valence-electron chi connectivity index (χ1n) is 6.76. The highest BCUT2D eigenvalue weighted by Gasteiger charge is 2.12. The van der Waals surface area contributed by atoms with Crippen molar-refractivity contribution in [1.29, 1.82) is 0 Å². The summed E-state index contributed by atoms with van der Waals surface area (Å²) in [5.41, 5.74) is 1.30. The summed E-state index contributed by atoms with van der Waals surface area (Å²) in [7, 11) is 3.00. The highest BCUT2D eigenvalue weighted by Crippen LogP contribution is 2.27. The molecule has 23 heavy (non-hydrogen) atoms. The third kappa shape index (κ3) is 4.69. The number of rotatable bonds is 7. The standard InChI is InChI=1S/C17H16O5S/c1-20-15-5-4-13(9-16(15)21-2)14(18)10-22-17(19)6-3-12-7-8-23-11-12/h3-9,11H,10H2,1-2H3/b6-3+. The summed E-state index contributed by atoms with van der Waals surface area (Å²) in [6, 6.07) is 6.66. The molecule has 0 fully saturated rings. The van der Waals surface area contributed by atoms with E-state index in [9.17, 15) is 9.59 Å². The molecule has 1 aromatic heterocycles. The van der Waals surface area contributed by atoms with E-state index in [2.05, 4.69) is 0 Å². The van der Waals surface area contributed by atoms with Crippen molar-refractivity contribution in [2.24, 2.45) is 0 Å². The van der Waals surface area contributed by atoms with Gasteiger partial charge in [0.1, 0.15) is 0 Å². The predicted molar refractivity (Wildman–Crippen MR) is 88.2 cm³/mol. The van der Waals surface area contributed by atoms with Crippen LogP contribution in [-0.2, 0) is 9.53 Å². The van der Waals surface area contributed by atoms with Crippen molar-refractivity contribution in [2.45, 2.75) is 0 Å². The number of carbonyl (C=O) groups is 2. The first kappa shape index (κ1) is 16.8. The number of ether oxygens (including phenoxy) is 3. The molecular formula is C17H16O5S. The van der Waals surface area contributed by atoms with Crippen LogP contribution in [0.25, 0.3) is 6.08 Å². The zero-order chi connectivity index (χ0) is 16.7. The zero-order valence-corrected chi connectivity index (χ0v) is 13.6. The third-order valence-electron chi connectivity index (χ3n) is 3.01. The fourth-order valence-corrected chi connectivity index (χ4v) is 2.44. The predicted octanol–water partition coefficient (Wildman–Crippen LogP) is 3.20. The van der Waals surface area contributed by atoms with Crippen molar-refractivity contribution in [2.75, 3.05) is 20.8 Å². The minimum Gasteiger partial charge on any atom is -0.493 e. The summed E-state index contributed by atoms with van der Waals surface area (Å²) in [6.45, 7) is -0.331. The Kier molecular flexibility index (Phi) is 5.94. The molecule has 1 heterocycles. The Morgan fingerprint density at radius 2 is 1.91 bits per heavy atom. The number of ketones is 1. The zero-order valence-electron chi connectivity index (χ0n) is 12.8. The van der Waals surface area contributed by atoms with Gasteiger partial charge < -0.3 is 14.2 Å². The maximum absolute atomic E-state index is 12.1. The molecule has 0 radical (unpaired) electrons. The Labute approximate surface area is 138 Å². The molecule has 5 nitrogen and oxygen atoms in total. The minimum absolute atomic E-state index is 0.316. The Morgan fingerprint density at radius 1 is 1.13 bits per heavy atom. The van der Waals surface area contributed by atoms with Crippen molar-refractivity contribution in [3.63, 3.8) is 0 Å². The molecule has 0 aliphatic rings. The van der Waals surface area contributed by atoms with E-state index in [1.807, 2.05) is 16.8 Å². The lowest BCUT2D eigenvalue weighted by molar-refractivity contribution is -0.136. The van der Waals surface area contributed by atoms with Gasteiger partial charge in [-0.2, -0.15) is 11.3 Å². The number of thiophene rings is 1. The third-order valence-corrected chi connectivity index (χ3v) is 3.71. The monoisotopic (exact) mass is 332 g/mol. The van der Waals surface area contributed by atoms with Gasteiger partial charge in [0.15, 0.2) is 23.9 Å². The molecule has 0 unspecified atom stereocenters. The van der Waals surface area contributed by atoms with Gasteiger partial charge in [-0.15, -0.1) is 0 Å². The maximum Gasteiger partial charge on any atom is 0.331 e. The first-order valence-corrected chi connectivity index (χ1v) is 7.70. The summed E-state index contributed by atoms with van der Waals surface area (Å²) in [6.07, 6.45) is 2.93. The van der Waals surface area contributed by atoms with Crippen molar-refractivity contribution >= 4 is 29.2 Å². The van der Waals surface area contributed by atoms with Gasteiger partial charge in [0.05, 0.1) is 14.2 Å². The molecule has 0 aliphatic carbocycles. The molecule has 1 aromatic carbocycles. The molecule has 6 heteroatoms. The highest BCUT2D eigenvalue weighted by molar-refractivity contribution is 7.08. The Hall–Kier alpha value is -2.60. The van der Waals surface area contributed by atoms with Gasteiger partial charge in [0.2, 0.25) is 0 Å². The SMILES string of the molecule is COc1ccc(C(=O)COC(=O)/C=C/c2ccsc2)cc1OC. The van der Waals surface area contributed by atoms with Gasteiger partial charge in [-0.25, -0.2) is 4.79 Å². The number of carbonyl (C=O) groups excluding carboxylic acids is 2. The van der Waals surface area contributed by atoms with E-state index in [1.54, 1.807) is 24.3 Å². The van der Waals surface area contributed by atoms with Crippen molar-refractivity contribution in [3.05, 3.63) is 52.2 Å². The van der Waals surface area contributed by atoms with Crippen LogP contribution in [0, 0.1) is 0 Å². The van der Waals surface area contributed by atoms with E-state index >= 15 is 0 Å². The van der Waals surface area contributed by atoms with Crippen LogP contribution in [0.4, 0.5) is 0 Å². The fourth-order valence-electron chi connectivity index (χ4n) is 1.81. The molecular weight excluding hydrogens is 316 g/mol. The van der Waals surface area contributed by atoms with E-state index in [4.69, 9.17) is 14.2 Å². The topological polar surface area (TPSA) is 61.8 Å². The highest BCUT2D eigenvalue weighted by atomic mass is 32.1. The van der Waals surface area contributed by atoms with Crippen LogP contribution in [0.1, 0.15) is 15.9 Å². The number of benzene rings is 1. The van der Waals surface area contributed by atoms with Gasteiger partial charge in [-0.1, -0.05) is 0 Å². The molecule has 120 valence electrons. The molecule has 0 N–H and O–H groups in total. The molecule has 0 aliphatic heterocycles. The Morgan fingerprint density at radius 3 is 2.57 bits per heavy atom. The number of esters is 1.